The van der Waals surface area contributed by atoms with Crippen molar-refractivity contribution in [3.05, 3.63) is 40.2 Å². The van der Waals surface area contributed by atoms with Gasteiger partial charge in [-0.2, -0.15) is 0 Å². The quantitative estimate of drug-likeness (QED) is 0.694. The molecule has 110 valence electrons. The third-order valence-electron chi connectivity index (χ3n) is 2.98. The Morgan fingerprint density at radius 3 is 2.71 bits per heavy atom. The maximum Gasteiger partial charge on any atom is 0.336 e. The number of carbonyl (C=O) groups excluding carboxylic acids is 2. The van der Waals surface area contributed by atoms with E-state index in [9.17, 15) is 14.4 Å². The summed E-state index contributed by atoms with van der Waals surface area (Å²) in [5.41, 5.74) is 11.6. The molecular formula is C14H15N3O4. The van der Waals surface area contributed by atoms with Gasteiger partial charge < -0.3 is 21.2 Å². The maximum absolute atomic E-state index is 11.8. The molecular weight excluding hydrogens is 274 g/mol. The first-order valence-electron chi connectivity index (χ1n) is 6.26. The van der Waals surface area contributed by atoms with Gasteiger partial charge >= 0.3 is 5.63 Å². The van der Waals surface area contributed by atoms with Gasteiger partial charge in [-0.25, -0.2) is 4.79 Å². The van der Waals surface area contributed by atoms with Crippen molar-refractivity contribution >= 4 is 28.5 Å². The summed E-state index contributed by atoms with van der Waals surface area (Å²) in [4.78, 5) is 33.9. The summed E-state index contributed by atoms with van der Waals surface area (Å²) in [7, 11) is 0. The standard InChI is InChI=1S/C14H15N3O4/c1-7-4-13(19)21-11-5-8(2-3-9(7)11)17-14(20)10(15)6-12(16)18/h2-5,10H,6,15H2,1H3,(H2,16,18)(H,17,20)/t10-/m0/s1. The summed E-state index contributed by atoms with van der Waals surface area (Å²) in [6, 6.07) is 5.28. The van der Waals surface area contributed by atoms with Gasteiger partial charge in [0.1, 0.15) is 5.58 Å². The van der Waals surface area contributed by atoms with Crippen LogP contribution >= 0.6 is 0 Å². The van der Waals surface area contributed by atoms with Crippen LogP contribution in [0.15, 0.2) is 33.5 Å². The first-order chi connectivity index (χ1) is 9.86. The molecule has 21 heavy (non-hydrogen) atoms. The molecule has 1 atom stereocenters. The Morgan fingerprint density at radius 2 is 2.05 bits per heavy atom. The highest BCUT2D eigenvalue weighted by Gasteiger charge is 2.16. The fourth-order valence-electron chi connectivity index (χ4n) is 1.95. The van der Waals surface area contributed by atoms with Crippen LogP contribution in [-0.4, -0.2) is 17.9 Å². The molecule has 0 saturated heterocycles. The minimum absolute atomic E-state index is 0.242. The minimum Gasteiger partial charge on any atom is -0.423 e. The molecule has 7 heteroatoms. The number of aryl methyl sites for hydroxylation is 1. The average Bonchev–Trinajstić information content (AvgIpc) is 2.37. The molecule has 0 bridgehead atoms. The zero-order chi connectivity index (χ0) is 15.6. The predicted molar refractivity (Wildman–Crippen MR) is 77.6 cm³/mol. The molecule has 0 spiro atoms. The van der Waals surface area contributed by atoms with Gasteiger partial charge in [-0.3, -0.25) is 9.59 Å². The van der Waals surface area contributed by atoms with Crippen LogP contribution in [0.5, 0.6) is 0 Å². The van der Waals surface area contributed by atoms with Crippen molar-refractivity contribution < 1.29 is 14.0 Å². The van der Waals surface area contributed by atoms with E-state index in [1.807, 2.05) is 0 Å². The van der Waals surface area contributed by atoms with Crippen molar-refractivity contribution in [1.29, 1.82) is 0 Å². The summed E-state index contributed by atoms with van der Waals surface area (Å²) in [6.07, 6.45) is -0.242. The van der Waals surface area contributed by atoms with E-state index >= 15 is 0 Å². The van der Waals surface area contributed by atoms with E-state index in [-0.39, 0.29) is 6.42 Å². The highest BCUT2D eigenvalue weighted by Crippen LogP contribution is 2.20. The molecule has 0 aliphatic heterocycles. The number of fused-ring (bicyclic) bond motifs is 1. The van der Waals surface area contributed by atoms with E-state index in [4.69, 9.17) is 15.9 Å². The molecule has 0 aliphatic rings. The summed E-state index contributed by atoms with van der Waals surface area (Å²) in [5.74, 6) is -1.19. The smallest absolute Gasteiger partial charge is 0.336 e. The van der Waals surface area contributed by atoms with Crippen molar-refractivity contribution in [3.63, 3.8) is 0 Å². The van der Waals surface area contributed by atoms with Crippen molar-refractivity contribution in [2.75, 3.05) is 5.32 Å². The number of benzene rings is 1. The molecule has 0 unspecified atom stereocenters. The lowest BCUT2D eigenvalue weighted by Crippen LogP contribution is -2.38. The highest BCUT2D eigenvalue weighted by molar-refractivity contribution is 5.98. The Bertz CT molecular complexity index is 766. The fourth-order valence-corrected chi connectivity index (χ4v) is 1.95. The van der Waals surface area contributed by atoms with Gasteiger partial charge in [-0.15, -0.1) is 0 Å². The third-order valence-corrected chi connectivity index (χ3v) is 2.98. The number of primary amides is 1. The van der Waals surface area contributed by atoms with Gasteiger partial charge in [0.05, 0.1) is 12.5 Å². The molecule has 2 rings (SSSR count). The lowest BCUT2D eigenvalue weighted by Gasteiger charge is -2.11. The second-order valence-corrected chi connectivity index (χ2v) is 4.73. The molecule has 5 N–H and O–H groups in total. The van der Waals surface area contributed by atoms with Gasteiger partial charge in [0.2, 0.25) is 11.8 Å². The number of nitrogens with one attached hydrogen (secondary N) is 1. The first-order valence-corrected chi connectivity index (χ1v) is 6.26. The van der Waals surface area contributed by atoms with E-state index in [0.717, 1.165) is 10.9 Å². The van der Waals surface area contributed by atoms with Gasteiger partial charge in [-0.05, 0) is 24.6 Å². The molecule has 2 aromatic rings. The number of hydrogen-bond donors (Lipinski definition) is 3. The number of nitrogens with two attached hydrogens (primary N) is 2. The monoisotopic (exact) mass is 289 g/mol. The summed E-state index contributed by atoms with van der Waals surface area (Å²) >= 11 is 0. The minimum atomic E-state index is -1.03. The summed E-state index contributed by atoms with van der Waals surface area (Å²) in [6.45, 7) is 1.79. The van der Waals surface area contributed by atoms with E-state index in [1.54, 1.807) is 19.1 Å². The van der Waals surface area contributed by atoms with Crippen LogP contribution in [0.1, 0.15) is 12.0 Å². The topological polar surface area (TPSA) is 128 Å². The molecule has 1 heterocycles. The Kier molecular flexibility index (Phi) is 4.04. The maximum atomic E-state index is 11.8. The van der Waals surface area contributed by atoms with E-state index < -0.39 is 23.5 Å². The van der Waals surface area contributed by atoms with Crippen LogP contribution in [0.25, 0.3) is 11.0 Å². The molecule has 1 aromatic heterocycles. The highest BCUT2D eigenvalue weighted by atomic mass is 16.4. The number of amides is 2. The Morgan fingerprint density at radius 1 is 1.33 bits per heavy atom. The van der Waals surface area contributed by atoms with E-state index in [0.29, 0.717) is 11.3 Å². The average molecular weight is 289 g/mol. The van der Waals surface area contributed by atoms with Crippen LogP contribution in [0.3, 0.4) is 0 Å². The fraction of sp³-hybridized carbons (Fsp3) is 0.214. The number of anilines is 1. The summed E-state index contributed by atoms with van der Waals surface area (Å²) in [5, 5.41) is 3.32. The largest absolute Gasteiger partial charge is 0.423 e. The zero-order valence-electron chi connectivity index (χ0n) is 11.4. The predicted octanol–water partition coefficient (Wildman–Crippen LogP) is 0.243. The van der Waals surface area contributed by atoms with Crippen LogP contribution in [0, 0.1) is 6.92 Å². The van der Waals surface area contributed by atoms with Gasteiger partial charge in [0, 0.05) is 23.2 Å². The first kappa shape index (κ1) is 14.7. The van der Waals surface area contributed by atoms with Crippen LogP contribution < -0.4 is 22.4 Å². The van der Waals surface area contributed by atoms with Crippen molar-refractivity contribution in [3.8, 4) is 0 Å². The van der Waals surface area contributed by atoms with Crippen LogP contribution in [0.4, 0.5) is 5.69 Å². The number of rotatable bonds is 4. The molecule has 2 amide bonds. The zero-order valence-corrected chi connectivity index (χ0v) is 11.4. The van der Waals surface area contributed by atoms with Gasteiger partial charge in [0.25, 0.3) is 0 Å². The van der Waals surface area contributed by atoms with Crippen molar-refractivity contribution in [1.82, 2.24) is 0 Å². The van der Waals surface area contributed by atoms with E-state index in [2.05, 4.69) is 5.32 Å². The Balaban J connectivity index is 2.25. The van der Waals surface area contributed by atoms with Crippen LogP contribution in [-0.2, 0) is 9.59 Å². The Labute approximate surface area is 119 Å². The lowest BCUT2D eigenvalue weighted by atomic mass is 10.1. The number of carbonyl (C=O) groups is 2. The molecule has 7 nitrogen and oxygen atoms in total. The second kappa shape index (κ2) is 5.76. The summed E-state index contributed by atoms with van der Waals surface area (Å²) < 4.78 is 5.08. The molecule has 0 radical (unpaired) electrons. The Hall–Kier alpha value is -2.67. The second-order valence-electron chi connectivity index (χ2n) is 4.73. The van der Waals surface area contributed by atoms with Crippen molar-refractivity contribution in [2.24, 2.45) is 11.5 Å². The van der Waals surface area contributed by atoms with Gasteiger partial charge in [-0.1, -0.05) is 0 Å². The normalized spacial score (nSPS) is 12.1. The molecule has 0 aliphatic carbocycles. The van der Waals surface area contributed by atoms with E-state index in [1.165, 1.54) is 12.1 Å². The molecule has 0 saturated carbocycles. The number of hydrogen-bond acceptors (Lipinski definition) is 5. The van der Waals surface area contributed by atoms with Crippen LogP contribution in [0.2, 0.25) is 0 Å². The van der Waals surface area contributed by atoms with Gasteiger partial charge in [0.15, 0.2) is 0 Å². The lowest BCUT2D eigenvalue weighted by molar-refractivity contribution is -0.123. The molecule has 0 fully saturated rings. The SMILES string of the molecule is Cc1cc(=O)oc2cc(NC(=O)[C@@H](N)CC(N)=O)ccc12. The molecule has 1 aromatic carbocycles. The third kappa shape index (κ3) is 3.46. The van der Waals surface area contributed by atoms with Crippen molar-refractivity contribution in [2.45, 2.75) is 19.4 Å².